The standard InChI is InChI=1S/C17H21N3O3/c21-16(19-23)14-2-1-13-6-10-20(17(22)15(13)11-14)9-5-12-3-7-18-8-4-12/h1-2,6,10-12,18,23H,3-5,7-9H2,(H,19,21). The molecule has 6 heteroatoms. The minimum Gasteiger partial charge on any atom is -0.317 e. The highest BCUT2D eigenvalue weighted by molar-refractivity contribution is 5.97. The molecule has 0 saturated carbocycles. The molecule has 23 heavy (non-hydrogen) atoms. The largest absolute Gasteiger partial charge is 0.317 e. The van der Waals surface area contributed by atoms with Crippen LogP contribution in [0.4, 0.5) is 0 Å². The maximum absolute atomic E-state index is 12.6. The number of benzene rings is 1. The summed E-state index contributed by atoms with van der Waals surface area (Å²) in [7, 11) is 0. The molecule has 2 aromatic rings. The van der Waals surface area contributed by atoms with Gasteiger partial charge in [-0.1, -0.05) is 6.07 Å². The lowest BCUT2D eigenvalue weighted by Gasteiger charge is -2.22. The summed E-state index contributed by atoms with van der Waals surface area (Å²) in [6.45, 7) is 2.80. The number of pyridine rings is 1. The van der Waals surface area contributed by atoms with Crippen LogP contribution in [0.25, 0.3) is 10.8 Å². The molecule has 1 aromatic heterocycles. The van der Waals surface area contributed by atoms with Crippen molar-refractivity contribution in [2.24, 2.45) is 5.92 Å². The van der Waals surface area contributed by atoms with E-state index in [2.05, 4.69) is 5.32 Å². The van der Waals surface area contributed by atoms with E-state index in [-0.39, 0.29) is 11.1 Å². The Bertz CT molecular complexity index is 763. The quantitative estimate of drug-likeness (QED) is 0.590. The van der Waals surface area contributed by atoms with Gasteiger partial charge in [-0.25, -0.2) is 5.48 Å². The molecule has 1 amide bonds. The molecule has 3 rings (SSSR count). The van der Waals surface area contributed by atoms with Crippen molar-refractivity contribution in [2.75, 3.05) is 13.1 Å². The summed E-state index contributed by atoms with van der Waals surface area (Å²) in [6, 6.07) is 6.73. The van der Waals surface area contributed by atoms with Crippen LogP contribution in [-0.4, -0.2) is 28.8 Å². The molecule has 0 atom stereocenters. The van der Waals surface area contributed by atoms with E-state index in [0.717, 1.165) is 37.7 Å². The van der Waals surface area contributed by atoms with Crippen LogP contribution in [0.3, 0.4) is 0 Å². The number of nitrogens with zero attached hydrogens (tertiary/aromatic N) is 1. The lowest BCUT2D eigenvalue weighted by atomic mass is 9.95. The van der Waals surface area contributed by atoms with Gasteiger partial charge in [0.25, 0.3) is 11.5 Å². The molecule has 1 aromatic carbocycles. The Balaban J connectivity index is 1.84. The molecule has 0 aliphatic carbocycles. The van der Waals surface area contributed by atoms with Gasteiger partial charge in [0.1, 0.15) is 0 Å². The number of hydrogen-bond donors (Lipinski definition) is 3. The molecule has 6 nitrogen and oxygen atoms in total. The number of piperidine rings is 1. The van der Waals surface area contributed by atoms with Crippen LogP contribution in [0, 0.1) is 5.92 Å². The van der Waals surface area contributed by atoms with E-state index in [0.29, 0.717) is 17.8 Å². The predicted octanol–water partition coefficient (Wildman–Crippen LogP) is 1.51. The molecule has 1 aliphatic rings. The van der Waals surface area contributed by atoms with E-state index in [9.17, 15) is 9.59 Å². The fourth-order valence-corrected chi connectivity index (χ4v) is 3.15. The molecule has 0 spiro atoms. The van der Waals surface area contributed by atoms with E-state index in [4.69, 9.17) is 5.21 Å². The van der Waals surface area contributed by atoms with E-state index in [1.165, 1.54) is 6.07 Å². The van der Waals surface area contributed by atoms with Crippen molar-refractivity contribution >= 4 is 16.7 Å². The highest BCUT2D eigenvalue weighted by atomic mass is 16.5. The third-order valence-corrected chi connectivity index (χ3v) is 4.58. The van der Waals surface area contributed by atoms with Gasteiger partial charge in [-0.05, 0) is 61.9 Å². The van der Waals surface area contributed by atoms with Gasteiger partial charge < -0.3 is 9.88 Å². The topological polar surface area (TPSA) is 83.4 Å². The Hall–Kier alpha value is -2.18. The minimum atomic E-state index is -0.614. The second-order valence-electron chi connectivity index (χ2n) is 6.04. The molecule has 1 aliphatic heterocycles. The summed E-state index contributed by atoms with van der Waals surface area (Å²) in [5.41, 5.74) is 1.77. The number of rotatable bonds is 4. The average molecular weight is 315 g/mol. The first-order chi connectivity index (χ1) is 11.2. The van der Waals surface area contributed by atoms with Crippen LogP contribution < -0.4 is 16.4 Å². The number of amides is 1. The van der Waals surface area contributed by atoms with Crippen LogP contribution >= 0.6 is 0 Å². The zero-order valence-corrected chi connectivity index (χ0v) is 12.9. The van der Waals surface area contributed by atoms with Crippen LogP contribution in [0.1, 0.15) is 29.6 Å². The monoisotopic (exact) mass is 315 g/mol. The van der Waals surface area contributed by atoms with Gasteiger partial charge >= 0.3 is 0 Å². The van der Waals surface area contributed by atoms with Crippen molar-refractivity contribution in [1.29, 1.82) is 0 Å². The lowest BCUT2D eigenvalue weighted by Crippen LogP contribution is -2.29. The number of fused-ring (bicyclic) bond motifs is 1. The van der Waals surface area contributed by atoms with Crippen molar-refractivity contribution in [1.82, 2.24) is 15.4 Å². The van der Waals surface area contributed by atoms with Crippen LogP contribution in [-0.2, 0) is 6.54 Å². The zero-order chi connectivity index (χ0) is 16.2. The van der Waals surface area contributed by atoms with E-state index >= 15 is 0 Å². The molecule has 0 radical (unpaired) electrons. The number of hydrogen-bond acceptors (Lipinski definition) is 4. The summed E-state index contributed by atoms with van der Waals surface area (Å²) < 4.78 is 1.71. The van der Waals surface area contributed by atoms with Gasteiger partial charge in [0.2, 0.25) is 0 Å². The van der Waals surface area contributed by atoms with Crippen molar-refractivity contribution < 1.29 is 10.0 Å². The Morgan fingerprint density at radius 3 is 2.83 bits per heavy atom. The number of aromatic nitrogens is 1. The molecule has 1 fully saturated rings. The molecular weight excluding hydrogens is 294 g/mol. The number of carbonyl (C=O) groups is 1. The second-order valence-corrected chi connectivity index (χ2v) is 6.04. The summed E-state index contributed by atoms with van der Waals surface area (Å²) in [4.78, 5) is 24.1. The molecule has 0 bridgehead atoms. The number of hydroxylamine groups is 1. The van der Waals surface area contributed by atoms with Gasteiger partial charge in [-0.2, -0.15) is 0 Å². The summed E-state index contributed by atoms with van der Waals surface area (Å²) in [6.07, 6.45) is 5.12. The molecule has 1 saturated heterocycles. The van der Waals surface area contributed by atoms with Crippen molar-refractivity contribution in [3.05, 3.63) is 46.4 Å². The van der Waals surface area contributed by atoms with Crippen LogP contribution in [0.5, 0.6) is 0 Å². The fraction of sp³-hybridized carbons (Fsp3) is 0.412. The maximum atomic E-state index is 12.6. The van der Waals surface area contributed by atoms with Crippen LogP contribution in [0.15, 0.2) is 35.3 Å². The minimum absolute atomic E-state index is 0.0935. The van der Waals surface area contributed by atoms with Crippen molar-refractivity contribution in [2.45, 2.75) is 25.8 Å². The van der Waals surface area contributed by atoms with E-state index < -0.39 is 5.91 Å². The van der Waals surface area contributed by atoms with Crippen molar-refractivity contribution in [3.63, 3.8) is 0 Å². The highest BCUT2D eigenvalue weighted by Crippen LogP contribution is 2.17. The molecule has 0 unspecified atom stereocenters. The number of nitrogens with one attached hydrogen (secondary N) is 2. The smallest absolute Gasteiger partial charge is 0.274 e. The summed E-state index contributed by atoms with van der Waals surface area (Å²) >= 11 is 0. The summed E-state index contributed by atoms with van der Waals surface area (Å²) in [5.74, 6) is 0.0433. The van der Waals surface area contributed by atoms with Crippen molar-refractivity contribution in [3.8, 4) is 0 Å². The maximum Gasteiger partial charge on any atom is 0.274 e. The van der Waals surface area contributed by atoms with Gasteiger partial charge in [0, 0.05) is 23.7 Å². The molecular formula is C17H21N3O3. The molecule has 3 N–H and O–H groups in total. The highest BCUT2D eigenvalue weighted by Gasteiger charge is 2.14. The van der Waals surface area contributed by atoms with Crippen LogP contribution in [0.2, 0.25) is 0 Å². The normalized spacial score (nSPS) is 15.7. The third-order valence-electron chi connectivity index (χ3n) is 4.58. The number of aryl methyl sites for hydroxylation is 1. The fourth-order valence-electron chi connectivity index (χ4n) is 3.15. The first-order valence-corrected chi connectivity index (χ1v) is 7.97. The Labute approximate surface area is 134 Å². The van der Waals surface area contributed by atoms with Gasteiger partial charge in [-0.3, -0.25) is 14.8 Å². The Kier molecular flexibility index (Phi) is 4.73. The third kappa shape index (κ3) is 3.43. The SMILES string of the molecule is O=C(NO)c1ccc2ccn(CCC3CCNCC3)c(=O)c2c1. The zero-order valence-electron chi connectivity index (χ0n) is 12.9. The van der Waals surface area contributed by atoms with Gasteiger partial charge in [0.15, 0.2) is 0 Å². The number of carbonyl (C=O) groups excluding carboxylic acids is 1. The lowest BCUT2D eigenvalue weighted by molar-refractivity contribution is 0.0706. The van der Waals surface area contributed by atoms with Gasteiger partial charge in [-0.15, -0.1) is 0 Å². The Morgan fingerprint density at radius 1 is 1.30 bits per heavy atom. The summed E-state index contributed by atoms with van der Waals surface area (Å²) in [5, 5.41) is 13.4. The average Bonchev–Trinajstić information content (AvgIpc) is 2.61. The van der Waals surface area contributed by atoms with E-state index in [1.807, 2.05) is 12.3 Å². The first kappa shape index (κ1) is 15.7. The predicted molar refractivity (Wildman–Crippen MR) is 87.7 cm³/mol. The first-order valence-electron chi connectivity index (χ1n) is 7.97. The molecule has 122 valence electrons. The van der Waals surface area contributed by atoms with E-state index in [1.54, 1.807) is 22.2 Å². The second kappa shape index (κ2) is 6.93. The Morgan fingerprint density at radius 2 is 2.09 bits per heavy atom. The van der Waals surface area contributed by atoms with Gasteiger partial charge in [0.05, 0.1) is 0 Å². The molecule has 2 heterocycles.